The van der Waals surface area contributed by atoms with Gasteiger partial charge in [-0.05, 0) is 48.0 Å². The molecule has 2 aromatic rings. The molecule has 0 radical (unpaired) electrons. The highest BCUT2D eigenvalue weighted by Gasteiger charge is 2.05. The number of thioether (sulfide) groups is 1. The fourth-order valence-corrected chi connectivity index (χ4v) is 2.72. The van der Waals surface area contributed by atoms with E-state index in [0.717, 1.165) is 16.2 Å². The normalized spacial score (nSPS) is 10.3. The molecule has 0 aromatic heterocycles. The Morgan fingerprint density at radius 1 is 1.19 bits per heavy atom. The molecule has 0 saturated carbocycles. The molecule has 0 fully saturated rings. The first-order valence-electron chi connectivity index (χ1n) is 7.93. The summed E-state index contributed by atoms with van der Waals surface area (Å²) >= 11 is 1.41. The van der Waals surface area contributed by atoms with E-state index in [0.29, 0.717) is 11.5 Å². The highest BCUT2D eigenvalue weighted by molar-refractivity contribution is 8.00. The number of hydrogen-bond donors (Lipinski definition) is 1. The van der Waals surface area contributed by atoms with Crippen molar-refractivity contribution in [2.75, 3.05) is 26.6 Å². The molecule has 0 aliphatic rings. The van der Waals surface area contributed by atoms with Crippen LogP contribution >= 0.6 is 11.8 Å². The maximum absolute atomic E-state index is 11.9. The lowest BCUT2D eigenvalue weighted by Gasteiger charge is -2.08. The average Bonchev–Trinajstić information content (AvgIpc) is 2.71. The second-order valence-electron chi connectivity index (χ2n) is 5.11. The number of ether oxygens (including phenoxy) is 3. The SMILES string of the molecule is COc1ccc(SCC(=O)N/N=C/c2ccc(OCC#N)c(OC)c2)cc1. The van der Waals surface area contributed by atoms with Crippen LogP contribution in [0.15, 0.2) is 52.5 Å². The molecule has 1 N–H and O–H groups in total. The topological polar surface area (TPSA) is 92.9 Å². The number of carbonyl (C=O) groups excluding carboxylic acids is 1. The zero-order valence-electron chi connectivity index (χ0n) is 15.0. The van der Waals surface area contributed by atoms with Crippen LogP contribution < -0.4 is 19.6 Å². The molecular weight excluding hydrogens is 366 g/mol. The first kappa shape index (κ1) is 20.1. The largest absolute Gasteiger partial charge is 0.497 e. The molecule has 7 nitrogen and oxygen atoms in total. The van der Waals surface area contributed by atoms with Crippen LogP contribution in [0.3, 0.4) is 0 Å². The van der Waals surface area contributed by atoms with Gasteiger partial charge in [-0.25, -0.2) is 5.43 Å². The summed E-state index contributed by atoms with van der Waals surface area (Å²) in [6, 6.07) is 14.5. The maximum Gasteiger partial charge on any atom is 0.250 e. The average molecular weight is 385 g/mol. The maximum atomic E-state index is 11.9. The number of nitriles is 1. The number of rotatable bonds is 9. The van der Waals surface area contributed by atoms with Gasteiger partial charge in [0.05, 0.1) is 26.2 Å². The van der Waals surface area contributed by atoms with E-state index >= 15 is 0 Å². The van der Waals surface area contributed by atoms with Crippen LogP contribution in [0.5, 0.6) is 17.2 Å². The molecule has 0 bridgehead atoms. The minimum absolute atomic E-state index is 0.0638. The van der Waals surface area contributed by atoms with Gasteiger partial charge in [0, 0.05) is 4.90 Å². The van der Waals surface area contributed by atoms with E-state index in [1.807, 2.05) is 30.3 Å². The lowest BCUT2D eigenvalue weighted by Crippen LogP contribution is -2.19. The predicted molar refractivity (Wildman–Crippen MR) is 104 cm³/mol. The van der Waals surface area contributed by atoms with Gasteiger partial charge >= 0.3 is 0 Å². The highest BCUT2D eigenvalue weighted by atomic mass is 32.2. The molecule has 0 spiro atoms. The molecule has 0 atom stereocenters. The molecule has 0 saturated heterocycles. The van der Waals surface area contributed by atoms with Gasteiger partial charge in [0.2, 0.25) is 5.91 Å². The Morgan fingerprint density at radius 3 is 2.63 bits per heavy atom. The van der Waals surface area contributed by atoms with E-state index in [1.54, 1.807) is 25.3 Å². The second-order valence-corrected chi connectivity index (χ2v) is 6.16. The van der Waals surface area contributed by atoms with Gasteiger partial charge in [0.15, 0.2) is 18.1 Å². The Morgan fingerprint density at radius 2 is 1.96 bits per heavy atom. The van der Waals surface area contributed by atoms with Crippen molar-refractivity contribution >= 4 is 23.9 Å². The van der Waals surface area contributed by atoms with Crippen molar-refractivity contribution in [2.24, 2.45) is 5.10 Å². The van der Waals surface area contributed by atoms with E-state index in [2.05, 4.69) is 10.5 Å². The van der Waals surface area contributed by atoms with Crippen molar-refractivity contribution in [3.63, 3.8) is 0 Å². The molecule has 2 aromatic carbocycles. The van der Waals surface area contributed by atoms with E-state index in [1.165, 1.54) is 25.1 Å². The van der Waals surface area contributed by atoms with Gasteiger partial charge in [-0.15, -0.1) is 11.8 Å². The summed E-state index contributed by atoms with van der Waals surface area (Å²) in [7, 11) is 3.11. The number of hydrogen-bond acceptors (Lipinski definition) is 7. The smallest absolute Gasteiger partial charge is 0.250 e. The van der Waals surface area contributed by atoms with Gasteiger partial charge in [0.1, 0.15) is 11.8 Å². The molecule has 0 aliphatic carbocycles. The van der Waals surface area contributed by atoms with E-state index < -0.39 is 0 Å². The number of nitrogens with zero attached hydrogens (tertiary/aromatic N) is 2. The number of benzene rings is 2. The lowest BCUT2D eigenvalue weighted by atomic mass is 10.2. The monoisotopic (exact) mass is 385 g/mol. The predicted octanol–water partition coefficient (Wildman–Crippen LogP) is 2.85. The Kier molecular flexibility index (Phi) is 8.00. The van der Waals surface area contributed by atoms with Gasteiger partial charge in [-0.2, -0.15) is 10.4 Å². The number of hydrazone groups is 1. The quantitative estimate of drug-likeness (QED) is 0.405. The lowest BCUT2D eigenvalue weighted by molar-refractivity contribution is -0.118. The van der Waals surface area contributed by atoms with Crippen LogP contribution in [-0.2, 0) is 4.79 Å². The minimum Gasteiger partial charge on any atom is -0.497 e. The fourth-order valence-electron chi connectivity index (χ4n) is 2.03. The van der Waals surface area contributed by atoms with Crippen molar-refractivity contribution in [1.82, 2.24) is 5.43 Å². The zero-order chi connectivity index (χ0) is 19.5. The van der Waals surface area contributed by atoms with Crippen LogP contribution in [0, 0.1) is 11.3 Å². The third-order valence-electron chi connectivity index (χ3n) is 3.31. The van der Waals surface area contributed by atoms with Crippen molar-refractivity contribution in [1.29, 1.82) is 5.26 Å². The summed E-state index contributed by atoms with van der Waals surface area (Å²) in [4.78, 5) is 12.8. The van der Waals surface area contributed by atoms with Crippen molar-refractivity contribution in [3.8, 4) is 23.3 Å². The van der Waals surface area contributed by atoms with Gasteiger partial charge in [-0.1, -0.05) is 0 Å². The zero-order valence-corrected chi connectivity index (χ0v) is 15.8. The number of nitrogens with one attached hydrogen (secondary N) is 1. The van der Waals surface area contributed by atoms with Crippen LogP contribution in [0.1, 0.15) is 5.56 Å². The first-order chi connectivity index (χ1) is 13.2. The van der Waals surface area contributed by atoms with E-state index in [-0.39, 0.29) is 18.3 Å². The van der Waals surface area contributed by atoms with Crippen LogP contribution in [0.2, 0.25) is 0 Å². The number of carbonyl (C=O) groups is 1. The molecular formula is C19H19N3O4S. The van der Waals surface area contributed by atoms with Crippen LogP contribution in [0.25, 0.3) is 0 Å². The van der Waals surface area contributed by atoms with Crippen LogP contribution in [0.4, 0.5) is 0 Å². The van der Waals surface area contributed by atoms with E-state index in [4.69, 9.17) is 19.5 Å². The van der Waals surface area contributed by atoms with Gasteiger partial charge in [0.25, 0.3) is 0 Å². The standard InChI is InChI=1S/C19H19N3O4S/c1-24-15-4-6-16(7-5-15)27-13-19(23)22-21-12-14-3-8-17(26-10-9-20)18(11-14)25-2/h3-8,11-12H,10,13H2,1-2H3,(H,22,23)/b21-12+. The second kappa shape index (κ2) is 10.7. The van der Waals surface area contributed by atoms with Crippen molar-refractivity contribution in [2.45, 2.75) is 4.90 Å². The third kappa shape index (κ3) is 6.56. The molecule has 1 amide bonds. The molecule has 2 rings (SSSR count). The van der Waals surface area contributed by atoms with E-state index in [9.17, 15) is 4.79 Å². The van der Waals surface area contributed by atoms with Gasteiger partial charge in [-0.3, -0.25) is 4.79 Å². The summed E-state index contributed by atoms with van der Waals surface area (Å²) in [6.45, 7) is -0.0638. The van der Waals surface area contributed by atoms with Crippen LogP contribution in [-0.4, -0.2) is 38.7 Å². The Bertz CT molecular complexity index is 832. The summed E-state index contributed by atoms with van der Waals surface area (Å²) < 4.78 is 15.6. The summed E-state index contributed by atoms with van der Waals surface area (Å²) in [5.41, 5.74) is 3.20. The number of amides is 1. The molecule has 27 heavy (non-hydrogen) atoms. The fraction of sp³-hybridized carbons (Fsp3) is 0.211. The van der Waals surface area contributed by atoms with Gasteiger partial charge < -0.3 is 14.2 Å². The van der Waals surface area contributed by atoms with Crippen molar-refractivity contribution < 1.29 is 19.0 Å². The molecule has 0 unspecified atom stereocenters. The first-order valence-corrected chi connectivity index (χ1v) is 8.91. The molecule has 0 aliphatic heterocycles. The summed E-state index contributed by atoms with van der Waals surface area (Å²) in [6.07, 6.45) is 1.51. The minimum atomic E-state index is -0.215. The molecule has 8 heteroatoms. The summed E-state index contributed by atoms with van der Waals surface area (Å²) in [5.74, 6) is 1.75. The Hall–Kier alpha value is -3.18. The molecule has 140 valence electrons. The molecule has 0 heterocycles. The summed E-state index contributed by atoms with van der Waals surface area (Å²) in [5, 5.41) is 12.5. The highest BCUT2D eigenvalue weighted by Crippen LogP contribution is 2.27. The third-order valence-corrected chi connectivity index (χ3v) is 4.32. The van der Waals surface area contributed by atoms with Crippen molar-refractivity contribution in [3.05, 3.63) is 48.0 Å². The Labute approximate surface area is 161 Å². The Balaban J connectivity index is 1.84. The number of methoxy groups -OCH3 is 2.